The van der Waals surface area contributed by atoms with E-state index >= 15 is 0 Å². The summed E-state index contributed by atoms with van der Waals surface area (Å²) in [5.41, 5.74) is 4.00. The van der Waals surface area contributed by atoms with Crippen molar-refractivity contribution in [3.63, 3.8) is 0 Å². The van der Waals surface area contributed by atoms with E-state index in [0.717, 1.165) is 28.9 Å². The third-order valence-electron chi connectivity index (χ3n) is 7.26. The van der Waals surface area contributed by atoms with Gasteiger partial charge in [0.2, 0.25) is 0 Å². The average molecular weight is 609 g/mol. The van der Waals surface area contributed by atoms with E-state index in [4.69, 9.17) is 28.7 Å². The number of hydrogen-bond donors (Lipinski definition) is 0. The molecule has 0 N–H and O–H groups in total. The van der Waals surface area contributed by atoms with Crippen LogP contribution in [0.4, 0.5) is 0 Å². The molecule has 0 aliphatic carbocycles. The molecular formula is C33H40N2O7S. The standard InChI is InChI=1S/C33H40N2O7S/c1-9-13-41-30-23(11-10-12-25(30)39-7)29-28(32(37)42-15-14-38-6)21(5)34-33-35(29)31(36)27(43-33)18-22-17-24(19(2)3)26(40-8)16-20(22)4/h10-12,16-19,29H,9,13-15H2,1-8H3/b27-18+/t29-/m0/s1. The molecule has 0 unspecified atom stereocenters. The largest absolute Gasteiger partial charge is 0.496 e. The predicted molar refractivity (Wildman–Crippen MR) is 167 cm³/mol. The van der Waals surface area contributed by atoms with Crippen LogP contribution in [-0.4, -0.2) is 51.7 Å². The minimum absolute atomic E-state index is 0.0650. The molecular weight excluding hydrogens is 568 g/mol. The van der Waals surface area contributed by atoms with E-state index in [-0.39, 0.29) is 30.3 Å². The zero-order valence-electron chi connectivity index (χ0n) is 26.1. The molecule has 0 fully saturated rings. The second kappa shape index (κ2) is 14.1. The first kappa shape index (κ1) is 32.0. The lowest BCUT2D eigenvalue weighted by molar-refractivity contribution is -0.140. The predicted octanol–water partition coefficient (Wildman–Crippen LogP) is 4.66. The Morgan fingerprint density at radius 1 is 1.07 bits per heavy atom. The summed E-state index contributed by atoms with van der Waals surface area (Å²) in [4.78, 5) is 33.0. The lowest BCUT2D eigenvalue weighted by Gasteiger charge is -2.27. The maximum absolute atomic E-state index is 14.3. The molecule has 2 heterocycles. The van der Waals surface area contributed by atoms with E-state index < -0.39 is 12.0 Å². The van der Waals surface area contributed by atoms with Gasteiger partial charge in [-0.3, -0.25) is 9.36 Å². The van der Waals surface area contributed by atoms with Gasteiger partial charge in [0, 0.05) is 12.7 Å². The molecule has 0 radical (unpaired) electrons. The molecule has 230 valence electrons. The summed E-state index contributed by atoms with van der Waals surface area (Å²) in [5, 5.41) is 0. The Labute approximate surface area is 256 Å². The summed E-state index contributed by atoms with van der Waals surface area (Å²) in [5.74, 6) is 1.44. The molecule has 9 nitrogen and oxygen atoms in total. The first-order valence-electron chi connectivity index (χ1n) is 14.3. The number of nitrogens with zero attached hydrogens (tertiary/aromatic N) is 2. The third kappa shape index (κ3) is 6.55. The SMILES string of the molecule is CCCOc1c(OC)cccc1[C@H]1C(C(=O)OCCOC)=C(C)N=c2s/c(=C/c3cc(C(C)C)c(OC)cc3C)c(=O)n21. The third-order valence-corrected chi connectivity index (χ3v) is 8.25. The fourth-order valence-electron chi connectivity index (χ4n) is 5.08. The minimum atomic E-state index is -0.849. The van der Waals surface area contributed by atoms with Crippen molar-refractivity contribution in [2.45, 2.75) is 53.0 Å². The fourth-order valence-corrected chi connectivity index (χ4v) is 6.12. The van der Waals surface area contributed by atoms with Crippen molar-refractivity contribution in [3.8, 4) is 17.2 Å². The lowest BCUT2D eigenvalue weighted by Crippen LogP contribution is -2.40. The number of allylic oxidation sites excluding steroid dienone is 1. The van der Waals surface area contributed by atoms with Crippen molar-refractivity contribution < 1.29 is 28.5 Å². The van der Waals surface area contributed by atoms with Gasteiger partial charge < -0.3 is 23.7 Å². The molecule has 0 spiro atoms. The number of para-hydroxylation sites is 1. The van der Waals surface area contributed by atoms with Crippen LogP contribution < -0.4 is 29.1 Å². The van der Waals surface area contributed by atoms with Crippen LogP contribution in [-0.2, 0) is 14.3 Å². The van der Waals surface area contributed by atoms with Gasteiger partial charge in [-0.1, -0.05) is 44.2 Å². The van der Waals surface area contributed by atoms with Gasteiger partial charge >= 0.3 is 5.97 Å². The lowest BCUT2D eigenvalue weighted by atomic mass is 9.94. The van der Waals surface area contributed by atoms with Crippen molar-refractivity contribution >= 4 is 23.4 Å². The maximum atomic E-state index is 14.3. The summed E-state index contributed by atoms with van der Waals surface area (Å²) >= 11 is 1.28. The topological polar surface area (TPSA) is 97.6 Å². The van der Waals surface area contributed by atoms with Crippen molar-refractivity contribution in [2.75, 3.05) is 41.2 Å². The first-order chi connectivity index (χ1) is 20.7. The van der Waals surface area contributed by atoms with Crippen molar-refractivity contribution in [1.82, 2.24) is 4.57 Å². The van der Waals surface area contributed by atoms with Crippen molar-refractivity contribution in [2.24, 2.45) is 4.99 Å². The second-order valence-corrected chi connectivity index (χ2v) is 11.6. The van der Waals surface area contributed by atoms with Gasteiger partial charge in [0.15, 0.2) is 16.3 Å². The number of hydrogen-bond acceptors (Lipinski definition) is 9. The molecule has 4 rings (SSSR count). The van der Waals surface area contributed by atoms with Gasteiger partial charge in [0.25, 0.3) is 5.56 Å². The molecule has 10 heteroatoms. The molecule has 1 aromatic heterocycles. The van der Waals surface area contributed by atoms with E-state index in [2.05, 4.69) is 19.9 Å². The van der Waals surface area contributed by atoms with Crippen molar-refractivity contribution in [1.29, 1.82) is 0 Å². The molecule has 0 saturated heterocycles. The Bertz CT molecular complexity index is 1700. The summed E-state index contributed by atoms with van der Waals surface area (Å²) in [6.07, 6.45) is 2.65. The quantitative estimate of drug-likeness (QED) is 0.218. The molecule has 3 aromatic rings. The number of methoxy groups -OCH3 is 3. The Morgan fingerprint density at radius 2 is 1.81 bits per heavy atom. The first-order valence-corrected chi connectivity index (χ1v) is 15.1. The highest BCUT2D eigenvalue weighted by Gasteiger charge is 2.36. The zero-order valence-corrected chi connectivity index (χ0v) is 26.9. The molecule has 1 atom stereocenters. The van der Waals surface area contributed by atoms with Gasteiger partial charge in [0.05, 0.1) is 43.2 Å². The zero-order chi connectivity index (χ0) is 31.3. The smallest absolute Gasteiger partial charge is 0.338 e. The molecule has 43 heavy (non-hydrogen) atoms. The van der Waals surface area contributed by atoms with E-state index in [1.54, 1.807) is 31.8 Å². The van der Waals surface area contributed by atoms with Gasteiger partial charge in [-0.05, 0) is 67.2 Å². The average Bonchev–Trinajstić information content (AvgIpc) is 3.29. The van der Waals surface area contributed by atoms with Gasteiger partial charge in [-0.2, -0.15) is 0 Å². The van der Waals surface area contributed by atoms with Gasteiger partial charge in [-0.25, -0.2) is 9.79 Å². The summed E-state index contributed by atoms with van der Waals surface area (Å²) < 4.78 is 30.1. The number of aromatic nitrogens is 1. The van der Waals surface area contributed by atoms with Crippen LogP contribution in [0.3, 0.4) is 0 Å². The number of esters is 1. The van der Waals surface area contributed by atoms with Crippen LogP contribution in [0.1, 0.15) is 68.3 Å². The number of aryl methyl sites for hydroxylation is 1. The minimum Gasteiger partial charge on any atom is -0.496 e. The Balaban J connectivity index is 1.98. The van der Waals surface area contributed by atoms with Crippen LogP contribution in [0, 0.1) is 6.92 Å². The normalized spacial score (nSPS) is 14.9. The molecule has 1 aliphatic heterocycles. The highest BCUT2D eigenvalue weighted by molar-refractivity contribution is 7.07. The number of benzene rings is 2. The monoisotopic (exact) mass is 608 g/mol. The number of carbonyl (C=O) groups excluding carboxylic acids is 1. The van der Waals surface area contributed by atoms with Crippen LogP contribution in [0.15, 0.2) is 51.4 Å². The van der Waals surface area contributed by atoms with Gasteiger partial charge in [-0.15, -0.1) is 0 Å². The van der Waals surface area contributed by atoms with Crippen LogP contribution in [0.5, 0.6) is 17.2 Å². The number of rotatable bonds is 12. The maximum Gasteiger partial charge on any atom is 0.338 e. The summed E-state index contributed by atoms with van der Waals surface area (Å²) in [7, 11) is 4.76. The summed E-state index contributed by atoms with van der Waals surface area (Å²) in [6.45, 7) is 10.7. The number of fused-ring (bicyclic) bond motifs is 1. The second-order valence-electron chi connectivity index (χ2n) is 10.5. The summed E-state index contributed by atoms with van der Waals surface area (Å²) in [6, 6.07) is 8.67. The highest BCUT2D eigenvalue weighted by atomic mass is 32.1. The highest BCUT2D eigenvalue weighted by Crippen LogP contribution is 2.41. The number of thiazole rings is 1. The molecule has 0 amide bonds. The Morgan fingerprint density at radius 3 is 2.47 bits per heavy atom. The molecule has 1 aliphatic rings. The van der Waals surface area contributed by atoms with Crippen molar-refractivity contribution in [3.05, 3.63) is 83.5 Å². The van der Waals surface area contributed by atoms with E-state index in [9.17, 15) is 9.59 Å². The number of carbonyl (C=O) groups is 1. The molecule has 0 bridgehead atoms. The Hall–Kier alpha value is -3.89. The van der Waals surface area contributed by atoms with Crippen LogP contribution >= 0.6 is 11.3 Å². The van der Waals surface area contributed by atoms with Crippen LogP contribution in [0.25, 0.3) is 6.08 Å². The molecule has 0 saturated carbocycles. The van der Waals surface area contributed by atoms with E-state index in [0.29, 0.717) is 38.7 Å². The van der Waals surface area contributed by atoms with E-state index in [1.165, 1.54) is 18.4 Å². The number of ether oxygens (including phenoxy) is 5. The van der Waals surface area contributed by atoms with Crippen LogP contribution in [0.2, 0.25) is 0 Å². The molecule has 2 aromatic carbocycles. The van der Waals surface area contributed by atoms with Gasteiger partial charge in [0.1, 0.15) is 18.4 Å². The fraction of sp³-hybridized carbons (Fsp3) is 0.424. The Kier molecular flexibility index (Phi) is 10.5. The van der Waals surface area contributed by atoms with E-state index in [1.807, 2.05) is 38.1 Å².